The largest absolute Gasteiger partial charge is 0.494 e. The molecule has 1 aromatic rings. The van der Waals surface area contributed by atoms with Crippen LogP contribution in [0.5, 0.6) is 5.75 Å². The molecular formula is C17H27N3O2. The Morgan fingerprint density at radius 1 is 1.41 bits per heavy atom. The molecule has 1 unspecified atom stereocenters. The first-order valence-electron chi connectivity index (χ1n) is 8.14. The Labute approximate surface area is 132 Å². The predicted molar refractivity (Wildman–Crippen MR) is 87.8 cm³/mol. The number of carbonyl (C=O) groups excluding carboxylic acids is 1. The van der Waals surface area contributed by atoms with Crippen molar-refractivity contribution in [2.45, 2.75) is 32.2 Å². The number of ether oxygens (including phenoxy) is 1. The van der Waals surface area contributed by atoms with Crippen molar-refractivity contribution in [2.75, 3.05) is 32.8 Å². The van der Waals surface area contributed by atoms with Crippen molar-refractivity contribution in [1.82, 2.24) is 10.2 Å². The summed E-state index contributed by atoms with van der Waals surface area (Å²) >= 11 is 0. The lowest BCUT2D eigenvalue weighted by molar-refractivity contribution is -0.119. The van der Waals surface area contributed by atoms with Crippen molar-refractivity contribution in [2.24, 2.45) is 5.73 Å². The molecule has 0 saturated carbocycles. The van der Waals surface area contributed by atoms with E-state index in [2.05, 4.69) is 29.3 Å². The fourth-order valence-corrected chi connectivity index (χ4v) is 2.77. The topological polar surface area (TPSA) is 67.6 Å². The Hall–Kier alpha value is -1.59. The summed E-state index contributed by atoms with van der Waals surface area (Å²) in [6.07, 6.45) is 3.38. The van der Waals surface area contributed by atoms with Crippen LogP contribution in [0.3, 0.4) is 0 Å². The van der Waals surface area contributed by atoms with Gasteiger partial charge in [-0.25, -0.2) is 0 Å². The van der Waals surface area contributed by atoms with Gasteiger partial charge in [0.1, 0.15) is 5.75 Å². The van der Waals surface area contributed by atoms with Gasteiger partial charge in [0.05, 0.1) is 13.2 Å². The average Bonchev–Trinajstić information content (AvgIpc) is 3.08. The van der Waals surface area contributed by atoms with Crippen molar-refractivity contribution < 1.29 is 9.53 Å². The number of rotatable bonds is 8. The molecule has 0 radical (unpaired) electrons. The fourth-order valence-electron chi connectivity index (χ4n) is 2.77. The zero-order chi connectivity index (χ0) is 15.8. The summed E-state index contributed by atoms with van der Waals surface area (Å²) in [6.45, 7) is 5.86. The first-order chi connectivity index (χ1) is 10.7. The van der Waals surface area contributed by atoms with Crippen LogP contribution in [0.15, 0.2) is 24.3 Å². The van der Waals surface area contributed by atoms with Gasteiger partial charge >= 0.3 is 0 Å². The van der Waals surface area contributed by atoms with Gasteiger partial charge in [0, 0.05) is 12.6 Å². The molecule has 22 heavy (non-hydrogen) atoms. The zero-order valence-electron chi connectivity index (χ0n) is 13.4. The molecule has 0 aromatic heterocycles. The number of nitrogens with one attached hydrogen (secondary N) is 1. The number of nitrogens with two attached hydrogens (primary N) is 1. The van der Waals surface area contributed by atoms with E-state index in [9.17, 15) is 4.79 Å². The highest BCUT2D eigenvalue weighted by Gasteiger charge is 2.19. The van der Waals surface area contributed by atoms with Gasteiger partial charge in [0.15, 0.2) is 0 Å². The first kappa shape index (κ1) is 16.8. The number of carbonyl (C=O) groups is 1. The van der Waals surface area contributed by atoms with Crippen LogP contribution in [-0.2, 0) is 4.79 Å². The Morgan fingerprint density at radius 2 is 2.18 bits per heavy atom. The smallest absolute Gasteiger partial charge is 0.233 e. The molecule has 1 atom stereocenters. The quantitative estimate of drug-likeness (QED) is 0.717. The summed E-state index contributed by atoms with van der Waals surface area (Å²) in [5.41, 5.74) is 6.53. The Bertz CT molecular complexity index is 473. The predicted octanol–water partition coefficient (Wildman–Crippen LogP) is 1.69. The van der Waals surface area contributed by atoms with Crippen LogP contribution in [0, 0.1) is 0 Å². The van der Waals surface area contributed by atoms with E-state index in [0.717, 1.165) is 12.2 Å². The molecule has 0 spiro atoms. The normalized spacial score (nSPS) is 16.5. The maximum atomic E-state index is 11.0. The Balaban J connectivity index is 1.77. The van der Waals surface area contributed by atoms with Crippen LogP contribution >= 0.6 is 0 Å². The van der Waals surface area contributed by atoms with Gasteiger partial charge in [0.2, 0.25) is 5.91 Å². The second-order valence-electron chi connectivity index (χ2n) is 5.75. The van der Waals surface area contributed by atoms with Crippen LogP contribution in [0.4, 0.5) is 0 Å². The van der Waals surface area contributed by atoms with E-state index in [1.165, 1.54) is 31.5 Å². The van der Waals surface area contributed by atoms with Gasteiger partial charge in [-0.1, -0.05) is 12.1 Å². The Kier molecular flexibility index (Phi) is 6.68. The highest BCUT2D eigenvalue weighted by Crippen LogP contribution is 2.26. The summed E-state index contributed by atoms with van der Waals surface area (Å²) in [7, 11) is 0. The van der Waals surface area contributed by atoms with Crippen molar-refractivity contribution >= 4 is 5.91 Å². The van der Waals surface area contributed by atoms with E-state index in [1.54, 1.807) is 0 Å². The molecule has 1 aromatic carbocycles. The number of likely N-dealkylation sites (tertiary alicyclic amines) is 1. The third-order valence-electron chi connectivity index (χ3n) is 4.13. The van der Waals surface area contributed by atoms with E-state index < -0.39 is 0 Å². The molecule has 1 fully saturated rings. The molecule has 1 aliphatic rings. The van der Waals surface area contributed by atoms with Gasteiger partial charge in [-0.05, 0) is 57.0 Å². The number of hydrogen-bond donors (Lipinski definition) is 2. The molecule has 5 heteroatoms. The number of benzene rings is 1. The molecule has 1 amide bonds. The lowest BCUT2D eigenvalue weighted by Gasteiger charge is -2.24. The highest BCUT2D eigenvalue weighted by molar-refractivity contribution is 5.77. The van der Waals surface area contributed by atoms with Crippen molar-refractivity contribution in [3.05, 3.63) is 29.8 Å². The second kappa shape index (κ2) is 8.76. The molecule has 5 nitrogen and oxygen atoms in total. The van der Waals surface area contributed by atoms with E-state index in [1.807, 2.05) is 12.1 Å². The molecule has 1 heterocycles. The van der Waals surface area contributed by atoms with Gasteiger partial charge < -0.3 is 15.8 Å². The highest BCUT2D eigenvalue weighted by atomic mass is 16.5. The van der Waals surface area contributed by atoms with Gasteiger partial charge in [-0.15, -0.1) is 0 Å². The van der Waals surface area contributed by atoms with Crippen molar-refractivity contribution in [3.63, 3.8) is 0 Å². The lowest BCUT2D eigenvalue weighted by atomic mass is 10.1. The van der Waals surface area contributed by atoms with E-state index in [4.69, 9.17) is 10.5 Å². The molecule has 122 valence electrons. The summed E-state index contributed by atoms with van der Waals surface area (Å²) in [5.74, 6) is 0.773. The fraction of sp³-hybridized carbons (Fsp3) is 0.588. The summed E-state index contributed by atoms with van der Waals surface area (Å²) in [4.78, 5) is 13.5. The van der Waals surface area contributed by atoms with Crippen LogP contribution < -0.4 is 15.8 Å². The summed E-state index contributed by atoms with van der Waals surface area (Å²) in [5, 5.41) is 2.73. The molecular weight excluding hydrogens is 278 g/mol. The number of amides is 1. The number of nitrogens with zero attached hydrogens (tertiary/aromatic N) is 1. The maximum absolute atomic E-state index is 11.0. The monoisotopic (exact) mass is 305 g/mol. The zero-order valence-corrected chi connectivity index (χ0v) is 13.4. The number of hydrogen-bond acceptors (Lipinski definition) is 4. The van der Waals surface area contributed by atoms with E-state index in [-0.39, 0.29) is 12.5 Å². The molecule has 0 bridgehead atoms. The van der Waals surface area contributed by atoms with Crippen LogP contribution in [0.1, 0.15) is 37.8 Å². The van der Waals surface area contributed by atoms with E-state index in [0.29, 0.717) is 19.2 Å². The van der Waals surface area contributed by atoms with Gasteiger partial charge in [-0.3, -0.25) is 9.69 Å². The SMILES string of the molecule is CC(c1cccc(OCCCNC(=O)CN)c1)N1CCCC1. The lowest BCUT2D eigenvalue weighted by Crippen LogP contribution is -2.31. The second-order valence-corrected chi connectivity index (χ2v) is 5.75. The maximum Gasteiger partial charge on any atom is 0.233 e. The van der Waals surface area contributed by atoms with Gasteiger partial charge in [0.25, 0.3) is 0 Å². The summed E-state index contributed by atoms with van der Waals surface area (Å²) in [6, 6.07) is 8.76. The molecule has 2 rings (SSSR count). The molecule has 1 saturated heterocycles. The standard InChI is InChI=1S/C17H27N3O2/c1-14(20-9-2-3-10-20)15-6-4-7-16(12-15)22-11-5-8-19-17(21)13-18/h4,6-7,12,14H,2-3,5,8-11,13,18H2,1H3,(H,19,21). The van der Waals surface area contributed by atoms with Crippen LogP contribution in [0.2, 0.25) is 0 Å². The van der Waals surface area contributed by atoms with Crippen molar-refractivity contribution in [3.8, 4) is 5.75 Å². The minimum absolute atomic E-state index is 0.0390. The summed E-state index contributed by atoms with van der Waals surface area (Å²) < 4.78 is 5.77. The molecule has 3 N–H and O–H groups in total. The Morgan fingerprint density at radius 3 is 2.91 bits per heavy atom. The molecule has 0 aliphatic carbocycles. The third kappa shape index (κ3) is 5.00. The third-order valence-corrected chi connectivity index (χ3v) is 4.13. The van der Waals surface area contributed by atoms with Crippen LogP contribution in [-0.4, -0.2) is 43.6 Å². The van der Waals surface area contributed by atoms with Crippen LogP contribution in [0.25, 0.3) is 0 Å². The minimum atomic E-state index is -0.124. The van der Waals surface area contributed by atoms with E-state index >= 15 is 0 Å². The first-order valence-corrected chi connectivity index (χ1v) is 8.14. The minimum Gasteiger partial charge on any atom is -0.494 e. The van der Waals surface area contributed by atoms with Gasteiger partial charge in [-0.2, -0.15) is 0 Å². The molecule has 1 aliphatic heterocycles. The van der Waals surface area contributed by atoms with Crippen molar-refractivity contribution in [1.29, 1.82) is 0 Å². The average molecular weight is 305 g/mol.